The average molecular weight is 291 g/mol. The van der Waals surface area contributed by atoms with Gasteiger partial charge in [0.15, 0.2) is 5.82 Å². The van der Waals surface area contributed by atoms with Crippen molar-refractivity contribution in [3.05, 3.63) is 29.6 Å². The molecule has 21 heavy (non-hydrogen) atoms. The topological polar surface area (TPSA) is 101 Å². The van der Waals surface area contributed by atoms with Gasteiger partial charge in [0, 0.05) is 19.3 Å². The highest BCUT2D eigenvalue weighted by molar-refractivity contribution is 5.74. The number of aryl methyl sites for hydroxylation is 3. The molecule has 0 aliphatic carbocycles. The van der Waals surface area contributed by atoms with Crippen LogP contribution in [-0.2, 0) is 13.5 Å². The summed E-state index contributed by atoms with van der Waals surface area (Å²) in [4.78, 5) is 11.8. The highest BCUT2D eigenvalue weighted by atomic mass is 16.2. The third kappa shape index (κ3) is 4.04. The second-order valence-corrected chi connectivity index (χ2v) is 5.05. The van der Waals surface area contributed by atoms with Crippen LogP contribution in [0.5, 0.6) is 0 Å². The van der Waals surface area contributed by atoms with Gasteiger partial charge in [-0.15, -0.1) is 10.2 Å². The highest BCUT2D eigenvalue weighted by Gasteiger charge is 2.13. The van der Waals surface area contributed by atoms with Gasteiger partial charge in [-0.2, -0.15) is 5.10 Å². The largest absolute Gasteiger partial charge is 0.338 e. The lowest BCUT2D eigenvalue weighted by molar-refractivity contribution is 0.237. The van der Waals surface area contributed by atoms with E-state index < -0.39 is 0 Å². The number of carbonyl (C=O) groups is 1. The van der Waals surface area contributed by atoms with Crippen molar-refractivity contribution in [2.24, 2.45) is 7.05 Å². The number of aromatic nitrogens is 5. The summed E-state index contributed by atoms with van der Waals surface area (Å²) >= 11 is 0. The zero-order chi connectivity index (χ0) is 15.2. The van der Waals surface area contributed by atoms with Gasteiger partial charge >= 0.3 is 6.03 Å². The molecule has 8 nitrogen and oxygen atoms in total. The fourth-order valence-electron chi connectivity index (χ4n) is 2.10. The van der Waals surface area contributed by atoms with Crippen LogP contribution in [0.3, 0.4) is 0 Å². The van der Waals surface area contributed by atoms with Gasteiger partial charge in [-0.25, -0.2) is 4.79 Å². The quantitative estimate of drug-likeness (QED) is 0.686. The summed E-state index contributed by atoms with van der Waals surface area (Å²) < 4.78 is 1.78. The number of urea groups is 1. The highest BCUT2D eigenvalue weighted by Crippen LogP contribution is 2.07. The molecule has 0 aliphatic heterocycles. The zero-order valence-electron chi connectivity index (χ0n) is 12.6. The van der Waals surface area contributed by atoms with Crippen molar-refractivity contribution in [1.29, 1.82) is 0 Å². The summed E-state index contributed by atoms with van der Waals surface area (Å²) in [6, 6.07) is -0.386. The van der Waals surface area contributed by atoms with Crippen LogP contribution < -0.4 is 10.6 Å². The predicted molar refractivity (Wildman–Crippen MR) is 77.6 cm³/mol. The average Bonchev–Trinajstić information content (AvgIpc) is 3.03. The third-order valence-electron chi connectivity index (χ3n) is 3.32. The Morgan fingerprint density at radius 1 is 1.52 bits per heavy atom. The summed E-state index contributed by atoms with van der Waals surface area (Å²) in [5.41, 5.74) is 2.26. The Morgan fingerprint density at radius 3 is 2.95 bits per heavy atom. The smallest absolute Gasteiger partial charge is 0.315 e. The van der Waals surface area contributed by atoms with Crippen molar-refractivity contribution in [3.63, 3.8) is 0 Å². The summed E-state index contributed by atoms with van der Waals surface area (Å²) in [7, 11) is 1.85. The second-order valence-electron chi connectivity index (χ2n) is 5.05. The van der Waals surface area contributed by atoms with E-state index >= 15 is 0 Å². The lowest BCUT2D eigenvalue weighted by Gasteiger charge is -2.13. The molecule has 0 saturated carbocycles. The van der Waals surface area contributed by atoms with Crippen molar-refractivity contribution >= 4 is 6.03 Å². The molecule has 0 aliphatic rings. The molecule has 114 valence electrons. The maximum absolute atomic E-state index is 11.8. The summed E-state index contributed by atoms with van der Waals surface area (Å²) in [5.74, 6) is 0.721. The lowest BCUT2D eigenvalue weighted by atomic mass is 10.1. The molecule has 1 unspecified atom stereocenters. The molecule has 8 heteroatoms. The number of aromatic amines is 1. The number of amides is 2. The molecule has 2 aromatic heterocycles. The Kier molecular flexibility index (Phi) is 4.91. The molecule has 0 radical (unpaired) electrons. The number of nitrogens with one attached hydrogen (secondary N) is 3. The number of H-pyrrole nitrogens is 1. The first-order chi connectivity index (χ1) is 10.1. The monoisotopic (exact) mass is 291 g/mol. The van der Waals surface area contributed by atoms with Crippen LogP contribution in [0.15, 0.2) is 12.5 Å². The van der Waals surface area contributed by atoms with Gasteiger partial charge in [0.25, 0.3) is 0 Å². The first kappa shape index (κ1) is 15.0. The second kappa shape index (κ2) is 6.87. The molecule has 0 spiro atoms. The number of nitrogens with zero attached hydrogens (tertiary/aromatic N) is 4. The fourth-order valence-corrected chi connectivity index (χ4v) is 2.10. The first-order valence-corrected chi connectivity index (χ1v) is 6.95. The van der Waals surface area contributed by atoms with E-state index in [-0.39, 0.29) is 12.1 Å². The van der Waals surface area contributed by atoms with Crippen molar-refractivity contribution in [1.82, 2.24) is 35.6 Å². The van der Waals surface area contributed by atoms with Gasteiger partial charge in [0.1, 0.15) is 6.33 Å². The van der Waals surface area contributed by atoms with E-state index in [1.54, 1.807) is 10.9 Å². The SMILES string of the molecule is Cc1[nH]ncc1CCCNC(=O)NC(C)c1nncn1C. The standard InChI is InChI=1S/C13H21N7O/c1-9-11(7-15-18-9)5-4-6-14-13(21)17-10(2)12-19-16-8-20(12)3/h7-8,10H,4-6H2,1-3H3,(H,15,18)(H2,14,17,21). The van der Waals surface area contributed by atoms with Crippen molar-refractivity contribution in [2.75, 3.05) is 6.54 Å². The van der Waals surface area contributed by atoms with Crippen LogP contribution in [0.2, 0.25) is 0 Å². The predicted octanol–water partition coefficient (Wildman–Crippen LogP) is 0.840. The van der Waals surface area contributed by atoms with E-state index in [0.29, 0.717) is 6.54 Å². The molecule has 2 aromatic rings. The molecule has 0 bridgehead atoms. The Bertz CT molecular complexity index is 589. The maximum Gasteiger partial charge on any atom is 0.315 e. The summed E-state index contributed by atoms with van der Waals surface area (Å²) in [6.45, 7) is 4.48. The molecule has 2 heterocycles. The van der Waals surface area contributed by atoms with Gasteiger partial charge in [-0.05, 0) is 32.3 Å². The maximum atomic E-state index is 11.8. The van der Waals surface area contributed by atoms with Crippen molar-refractivity contribution in [2.45, 2.75) is 32.7 Å². The van der Waals surface area contributed by atoms with E-state index in [2.05, 4.69) is 31.0 Å². The molecule has 0 aromatic carbocycles. The number of carbonyl (C=O) groups excluding carboxylic acids is 1. The van der Waals surface area contributed by atoms with Crippen LogP contribution in [-0.4, -0.2) is 37.5 Å². The van der Waals surface area contributed by atoms with Crippen molar-refractivity contribution in [3.8, 4) is 0 Å². The molecule has 0 saturated heterocycles. The van der Waals surface area contributed by atoms with E-state index in [4.69, 9.17) is 0 Å². The number of hydrogen-bond donors (Lipinski definition) is 3. The first-order valence-electron chi connectivity index (χ1n) is 6.95. The minimum atomic E-state index is -0.200. The van der Waals surface area contributed by atoms with Gasteiger partial charge in [0.2, 0.25) is 0 Å². The van der Waals surface area contributed by atoms with Crippen LogP contribution in [0.1, 0.15) is 36.5 Å². The van der Waals surface area contributed by atoms with Crippen LogP contribution >= 0.6 is 0 Å². The van der Waals surface area contributed by atoms with E-state index in [1.165, 1.54) is 5.56 Å². The molecule has 0 fully saturated rings. The van der Waals surface area contributed by atoms with E-state index in [0.717, 1.165) is 24.4 Å². The number of rotatable bonds is 6. The van der Waals surface area contributed by atoms with Gasteiger partial charge < -0.3 is 15.2 Å². The fraction of sp³-hybridized carbons (Fsp3) is 0.538. The van der Waals surface area contributed by atoms with Gasteiger partial charge in [-0.1, -0.05) is 0 Å². The normalized spacial score (nSPS) is 12.1. The van der Waals surface area contributed by atoms with Crippen LogP contribution in [0, 0.1) is 6.92 Å². The van der Waals surface area contributed by atoms with E-state index in [9.17, 15) is 4.79 Å². The Hall–Kier alpha value is -2.38. The zero-order valence-corrected chi connectivity index (χ0v) is 12.6. The van der Waals surface area contributed by atoms with Crippen LogP contribution in [0.25, 0.3) is 0 Å². The molecule has 1 atom stereocenters. The molecule has 2 amide bonds. The molecule has 3 N–H and O–H groups in total. The Labute approximate surface area is 123 Å². The Morgan fingerprint density at radius 2 is 2.33 bits per heavy atom. The Balaban J connectivity index is 1.68. The molecular formula is C13H21N7O. The minimum absolute atomic E-state index is 0.186. The lowest BCUT2D eigenvalue weighted by Crippen LogP contribution is -2.38. The molecule has 2 rings (SSSR count). The number of hydrogen-bond acceptors (Lipinski definition) is 4. The van der Waals surface area contributed by atoms with Crippen LogP contribution in [0.4, 0.5) is 4.79 Å². The summed E-state index contributed by atoms with van der Waals surface area (Å²) in [5, 5.41) is 20.3. The molecular weight excluding hydrogens is 270 g/mol. The van der Waals surface area contributed by atoms with Gasteiger partial charge in [0.05, 0.1) is 12.2 Å². The minimum Gasteiger partial charge on any atom is -0.338 e. The van der Waals surface area contributed by atoms with Crippen molar-refractivity contribution < 1.29 is 4.79 Å². The third-order valence-corrected chi connectivity index (χ3v) is 3.32. The van der Waals surface area contributed by atoms with Gasteiger partial charge in [-0.3, -0.25) is 5.10 Å². The van der Waals surface area contributed by atoms with E-state index in [1.807, 2.05) is 27.1 Å². The summed E-state index contributed by atoms with van der Waals surface area (Å²) in [6.07, 6.45) is 5.19.